The highest BCUT2D eigenvalue weighted by molar-refractivity contribution is 5.98. The number of carbonyl (C=O) groups excluding carboxylic acids is 4. The minimum absolute atomic E-state index is 0.0792. The maximum absolute atomic E-state index is 12.7. The van der Waals surface area contributed by atoms with Gasteiger partial charge in [0.05, 0.1) is 11.4 Å². The molecule has 4 amide bonds. The molecule has 2 aliphatic rings. The molecule has 208 valence electrons. The topological polar surface area (TPSA) is 117 Å². The predicted octanol–water partition coefficient (Wildman–Crippen LogP) is 3.65. The van der Waals surface area contributed by atoms with Gasteiger partial charge in [-0.05, 0) is 61.6 Å². The Labute approximate surface area is 233 Å². The van der Waals surface area contributed by atoms with E-state index in [1.165, 1.54) is 13.8 Å². The minimum Gasteiger partial charge on any atom is -0.331 e. The molecule has 40 heavy (non-hydrogen) atoms. The van der Waals surface area contributed by atoms with Gasteiger partial charge in [0.1, 0.15) is 12.1 Å². The van der Waals surface area contributed by atoms with Crippen LogP contribution < -0.4 is 10.6 Å². The van der Waals surface area contributed by atoms with Crippen LogP contribution in [0.1, 0.15) is 39.5 Å². The SMILES string of the molecule is CC(=O)N1CCC[C@H]1C(=O)Nc1ccc(-c2cc(-c3ccc(NC(=O)[C@@H]4CCCN4C(C)=O)cc3)n(C)n2)cc1. The van der Waals surface area contributed by atoms with Gasteiger partial charge in [-0.25, -0.2) is 0 Å². The van der Waals surface area contributed by atoms with Gasteiger partial charge in [-0.2, -0.15) is 5.10 Å². The average molecular weight is 543 g/mol. The van der Waals surface area contributed by atoms with Crippen molar-refractivity contribution >= 4 is 35.0 Å². The molecule has 2 aromatic carbocycles. The van der Waals surface area contributed by atoms with E-state index in [2.05, 4.69) is 15.7 Å². The van der Waals surface area contributed by atoms with Gasteiger partial charge in [0.25, 0.3) is 0 Å². The second-order valence-corrected chi connectivity index (χ2v) is 10.4. The lowest BCUT2D eigenvalue weighted by Crippen LogP contribution is -2.42. The van der Waals surface area contributed by atoms with Crippen LogP contribution in [0, 0.1) is 0 Å². The molecule has 0 unspecified atom stereocenters. The van der Waals surface area contributed by atoms with Crippen LogP contribution in [0.3, 0.4) is 0 Å². The fraction of sp³-hybridized carbons (Fsp3) is 0.367. The van der Waals surface area contributed by atoms with Crippen molar-refractivity contribution in [3.8, 4) is 22.5 Å². The molecule has 1 aromatic heterocycles. The fourth-order valence-electron chi connectivity index (χ4n) is 5.61. The standard InChI is InChI=1S/C30H34N6O4/c1-19(37)35-16-4-6-26(35)29(39)31-23-12-8-21(9-13-23)25-18-28(34(3)33-25)22-10-14-24(15-11-22)32-30(40)27-7-5-17-36(27)20(2)38/h8-15,18,26-27H,4-7,16-17H2,1-3H3,(H,31,39)(H,32,40)/t26-,27-/m0/s1. The van der Waals surface area contributed by atoms with E-state index in [1.807, 2.05) is 61.6 Å². The summed E-state index contributed by atoms with van der Waals surface area (Å²) >= 11 is 0. The summed E-state index contributed by atoms with van der Waals surface area (Å²) in [7, 11) is 1.88. The number of carbonyl (C=O) groups is 4. The van der Waals surface area contributed by atoms with Crippen LogP contribution in [0.15, 0.2) is 54.6 Å². The van der Waals surface area contributed by atoms with Crippen LogP contribution in [-0.4, -0.2) is 68.4 Å². The van der Waals surface area contributed by atoms with Gasteiger partial charge in [0.2, 0.25) is 23.6 Å². The number of hydrogen-bond acceptors (Lipinski definition) is 5. The quantitative estimate of drug-likeness (QED) is 0.493. The third-order valence-corrected chi connectivity index (χ3v) is 7.70. The van der Waals surface area contributed by atoms with Crippen LogP contribution in [0.4, 0.5) is 11.4 Å². The molecule has 2 saturated heterocycles. The largest absolute Gasteiger partial charge is 0.331 e. The summed E-state index contributed by atoms with van der Waals surface area (Å²) in [5, 5.41) is 10.5. The van der Waals surface area contributed by atoms with E-state index in [4.69, 9.17) is 0 Å². The first kappa shape index (κ1) is 27.1. The summed E-state index contributed by atoms with van der Waals surface area (Å²) in [6, 6.07) is 16.2. The van der Waals surface area contributed by atoms with Gasteiger partial charge in [0, 0.05) is 50.9 Å². The molecule has 3 aromatic rings. The second-order valence-electron chi connectivity index (χ2n) is 10.4. The molecule has 0 saturated carbocycles. The molecule has 2 N–H and O–H groups in total. The Morgan fingerprint density at radius 3 is 1.62 bits per heavy atom. The molecule has 2 atom stereocenters. The van der Waals surface area contributed by atoms with E-state index in [-0.39, 0.29) is 23.6 Å². The highest BCUT2D eigenvalue weighted by Gasteiger charge is 2.33. The zero-order valence-corrected chi connectivity index (χ0v) is 23.0. The third-order valence-electron chi connectivity index (χ3n) is 7.70. The zero-order chi connectivity index (χ0) is 28.4. The highest BCUT2D eigenvalue weighted by Crippen LogP contribution is 2.28. The third kappa shape index (κ3) is 5.61. The van der Waals surface area contributed by atoms with Crippen LogP contribution >= 0.6 is 0 Å². The Hall–Kier alpha value is -4.47. The molecule has 0 radical (unpaired) electrons. The fourth-order valence-corrected chi connectivity index (χ4v) is 5.61. The zero-order valence-electron chi connectivity index (χ0n) is 23.0. The summed E-state index contributed by atoms with van der Waals surface area (Å²) in [4.78, 5) is 52.3. The smallest absolute Gasteiger partial charge is 0.247 e. The normalized spacial score (nSPS) is 18.6. The van der Waals surface area contributed by atoms with Crippen molar-refractivity contribution in [2.24, 2.45) is 7.05 Å². The summed E-state index contributed by atoms with van der Waals surface area (Å²) in [6.07, 6.45) is 3.01. The number of nitrogens with one attached hydrogen (secondary N) is 2. The summed E-state index contributed by atoms with van der Waals surface area (Å²) < 4.78 is 1.80. The number of anilines is 2. The molecular weight excluding hydrogens is 508 g/mol. The Balaban J connectivity index is 1.23. The predicted molar refractivity (Wildman–Crippen MR) is 152 cm³/mol. The Kier molecular flexibility index (Phi) is 7.68. The van der Waals surface area contributed by atoms with E-state index >= 15 is 0 Å². The highest BCUT2D eigenvalue weighted by atomic mass is 16.2. The van der Waals surface area contributed by atoms with Gasteiger partial charge in [0.15, 0.2) is 0 Å². The van der Waals surface area contributed by atoms with Crippen molar-refractivity contribution < 1.29 is 19.2 Å². The van der Waals surface area contributed by atoms with Crippen molar-refractivity contribution in [3.63, 3.8) is 0 Å². The van der Waals surface area contributed by atoms with E-state index in [0.29, 0.717) is 37.3 Å². The van der Waals surface area contributed by atoms with Crippen molar-refractivity contribution in [1.82, 2.24) is 19.6 Å². The Morgan fingerprint density at radius 2 is 1.18 bits per heavy atom. The molecular formula is C30H34N6O4. The van der Waals surface area contributed by atoms with Crippen molar-refractivity contribution in [2.75, 3.05) is 23.7 Å². The summed E-state index contributed by atoms with van der Waals surface area (Å²) in [5.74, 6) is -0.491. The summed E-state index contributed by atoms with van der Waals surface area (Å²) in [6.45, 7) is 4.23. The monoisotopic (exact) mass is 542 g/mol. The van der Waals surface area contributed by atoms with Crippen molar-refractivity contribution in [3.05, 3.63) is 54.6 Å². The molecule has 2 aliphatic heterocycles. The minimum atomic E-state index is -0.423. The molecule has 2 fully saturated rings. The molecule has 10 heteroatoms. The molecule has 0 bridgehead atoms. The molecule has 10 nitrogen and oxygen atoms in total. The van der Waals surface area contributed by atoms with Crippen LogP contribution in [0.2, 0.25) is 0 Å². The van der Waals surface area contributed by atoms with Crippen LogP contribution in [-0.2, 0) is 26.2 Å². The molecule has 3 heterocycles. The lowest BCUT2D eigenvalue weighted by atomic mass is 10.1. The molecule has 0 aliphatic carbocycles. The van der Waals surface area contributed by atoms with E-state index in [9.17, 15) is 19.2 Å². The van der Waals surface area contributed by atoms with Gasteiger partial charge in [-0.1, -0.05) is 24.3 Å². The van der Waals surface area contributed by atoms with Gasteiger partial charge < -0.3 is 20.4 Å². The van der Waals surface area contributed by atoms with E-state index in [1.54, 1.807) is 14.5 Å². The van der Waals surface area contributed by atoms with Crippen molar-refractivity contribution in [2.45, 2.75) is 51.6 Å². The van der Waals surface area contributed by atoms with Gasteiger partial charge in [-0.15, -0.1) is 0 Å². The maximum Gasteiger partial charge on any atom is 0.247 e. The number of aromatic nitrogens is 2. The second kappa shape index (κ2) is 11.3. The number of hydrogen-bond donors (Lipinski definition) is 2. The lowest BCUT2D eigenvalue weighted by molar-refractivity contribution is -0.134. The number of nitrogens with zero attached hydrogens (tertiary/aromatic N) is 4. The van der Waals surface area contributed by atoms with Crippen molar-refractivity contribution in [1.29, 1.82) is 0 Å². The van der Waals surface area contributed by atoms with E-state index < -0.39 is 12.1 Å². The Morgan fingerprint density at radius 1 is 0.725 bits per heavy atom. The summed E-state index contributed by atoms with van der Waals surface area (Å²) in [5.41, 5.74) is 4.89. The number of amides is 4. The first-order chi connectivity index (χ1) is 19.2. The molecule has 0 spiro atoms. The number of rotatable bonds is 6. The van der Waals surface area contributed by atoms with Crippen LogP contribution in [0.25, 0.3) is 22.5 Å². The first-order valence-electron chi connectivity index (χ1n) is 13.6. The average Bonchev–Trinajstić information content (AvgIpc) is 3.69. The lowest BCUT2D eigenvalue weighted by Gasteiger charge is -2.22. The number of benzene rings is 2. The maximum atomic E-state index is 12.7. The molecule has 5 rings (SSSR count). The number of aryl methyl sites for hydroxylation is 1. The number of likely N-dealkylation sites (tertiary alicyclic amines) is 2. The first-order valence-corrected chi connectivity index (χ1v) is 13.6. The van der Waals surface area contributed by atoms with Crippen LogP contribution in [0.5, 0.6) is 0 Å². The van der Waals surface area contributed by atoms with Gasteiger partial charge in [-0.3, -0.25) is 23.9 Å². The van der Waals surface area contributed by atoms with Gasteiger partial charge >= 0.3 is 0 Å². The Bertz CT molecular complexity index is 1430. The van der Waals surface area contributed by atoms with E-state index in [0.717, 1.165) is 35.4 Å².